The highest BCUT2D eigenvalue weighted by atomic mass is 35.5. The van der Waals surface area contributed by atoms with Crippen molar-refractivity contribution in [2.45, 2.75) is 0 Å². The molecular weight excluding hydrogens is 186 g/mol. The Kier molecular flexibility index (Phi) is 3.32. The molecule has 0 aliphatic heterocycles. The van der Waals surface area contributed by atoms with E-state index >= 15 is 0 Å². The van der Waals surface area contributed by atoms with Crippen molar-refractivity contribution in [3.63, 3.8) is 0 Å². The summed E-state index contributed by atoms with van der Waals surface area (Å²) in [5.74, 6) is 0.840. The first-order chi connectivity index (χ1) is 6.15. The van der Waals surface area contributed by atoms with E-state index in [4.69, 9.17) is 16.3 Å². The van der Waals surface area contributed by atoms with E-state index in [-0.39, 0.29) is 0 Å². The van der Waals surface area contributed by atoms with Crippen LogP contribution in [0.4, 0.5) is 0 Å². The second-order valence-electron chi connectivity index (χ2n) is 2.91. The molecule has 2 nitrogen and oxygen atoms in total. The molecule has 0 fully saturated rings. The van der Waals surface area contributed by atoms with E-state index in [1.54, 1.807) is 7.11 Å². The summed E-state index contributed by atoms with van der Waals surface area (Å²) in [6.45, 7) is 0. The first-order valence-electron chi connectivity index (χ1n) is 3.99. The van der Waals surface area contributed by atoms with E-state index in [2.05, 4.69) is 0 Å². The van der Waals surface area contributed by atoms with Gasteiger partial charge in [0, 0.05) is 0 Å². The molecule has 0 aliphatic rings. The number of rotatable bonds is 2. The lowest BCUT2D eigenvalue weighted by Gasteiger charge is -1.99. The van der Waals surface area contributed by atoms with E-state index < -0.39 is 0 Å². The molecule has 3 heteroatoms. The van der Waals surface area contributed by atoms with Crippen LogP contribution in [-0.2, 0) is 0 Å². The first kappa shape index (κ1) is 10.1. The number of methoxy groups -OCH3 is 1. The molecule has 0 atom stereocenters. The molecule has 0 spiro atoms. The van der Waals surface area contributed by atoms with Gasteiger partial charge in [0.15, 0.2) is 0 Å². The monoisotopic (exact) mass is 198 g/mol. The standard InChI is InChI=1S/C10H13ClNO/c1-12(2)10(11)8-4-6-9(13-3)7-5-8/h4-7H,1-3H3/q+1. The molecule has 0 bridgehead atoms. The van der Waals surface area contributed by atoms with Crippen LogP contribution in [0.5, 0.6) is 5.75 Å². The highest BCUT2D eigenvalue weighted by Gasteiger charge is 2.06. The molecule has 0 heterocycles. The third-order valence-corrected chi connectivity index (χ3v) is 2.28. The Hall–Kier alpha value is -1.02. The van der Waals surface area contributed by atoms with E-state index in [0.29, 0.717) is 0 Å². The van der Waals surface area contributed by atoms with Crippen LogP contribution in [0, 0.1) is 0 Å². The highest BCUT2D eigenvalue weighted by Crippen LogP contribution is 2.12. The quantitative estimate of drug-likeness (QED) is 0.523. The van der Waals surface area contributed by atoms with E-state index in [1.807, 2.05) is 42.9 Å². The Morgan fingerprint density at radius 2 is 1.77 bits per heavy atom. The average Bonchev–Trinajstić information content (AvgIpc) is 2.17. The van der Waals surface area contributed by atoms with Gasteiger partial charge in [0.1, 0.15) is 19.8 Å². The van der Waals surface area contributed by atoms with Gasteiger partial charge in [0.05, 0.1) is 12.7 Å². The minimum atomic E-state index is 0.725. The average molecular weight is 199 g/mol. The fourth-order valence-corrected chi connectivity index (χ4v) is 1.11. The summed E-state index contributed by atoms with van der Waals surface area (Å²) in [4.78, 5) is 0. The molecule has 1 rings (SSSR count). The van der Waals surface area contributed by atoms with Crippen molar-refractivity contribution in [1.29, 1.82) is 0 Å². The van der Waals surface area contributed by atoms with Crippen molar-refractivity contribution in [1.82, 2.24) is 0 Å². The van der Waals surface area contributed by atoms with Crippen LogP contribution in [-0.4, -0.2) is 31.0 Å². The van der Waals surface area contributed by atoms with Gasteiger partial charge in [-0.05, 0) is 35.9 Å². The highest BCUT2D eigenvalue weighted by molar-refractivity contribution is 6.68. The molecule has 0 aliphatic carbocycles. The van der Waals surface area contributed by atoms with Crippen molar-refractivity contribution in [2.24, 2.45) is 0 Å². The molecule has 1 aromatic rings. The summed E-state index contributed by atoms with van der Waals surface area (Å²) in [7, 11) is 5.46. The fraction of sp³-hybridized carbons (Fsp3) is 0.300. The second kappa shape index (κ2) is 4.28. The minimum Gasteiger partial charge on any atom is -0.497 e. The first-order valence-corrected chi connectivity index (χ1v) is 4.37. The molecule has 0 radical (unpaired) electrons. The van der Waals surface area contributed by atoms with Crippen molar-refractivity contribution >= 4 is 16.8 Å². The number of nitrogens with zero attached hydrogens (tertiary/aromatic N) is 1. The van der Waals surface area contributed by atoms with Gasteiger partial charge in [0.25, 0.3) is 5.17 Å². The predicted octanol–water partition coefficient (Wildman–Crippen LogP) is 1.95. The molecule has 0 amide bonds. The maximum atomic E-state index is 6.04. The summed E-state index contributed by atoms with van der Waals surface area (Å²) in [5, 5.41) is 0.725. The largest absolute Gasteiger partial charge is 0.497 e. The van der Waals surface area contributed by atoms with Crippen LogP contribution in [0.3, 0.4) is 0 Å². The molecule has 0 unspecified atom stereocenters. The second-order valence-corrected chi connectivity index (χ2v) is 3.27. The van der Waals surface area contributed by atoms with E-state index in [9.17, 15) is 0 Å². The normalized spacial score (nSPS) is 9.54. The molecular formula is C10H13ClNO+. The number of hydrogen-bond donors (Lipinski definition) is 0. The van der Waals surface area contributed by atoms with Crippen molar-refractivity contribution < 1.29 is 9.31 Å². The molecule has 0 aromatic heterocycles. The maximum Gasteiger partial charge on any atom is 0.276 e. The van der Waals surface area contributed by atoms with Crippen LogP contribution in [0.1, 0.15) is 5.56 Å². The van der Waals surface area contributed by atoms with Crippen LogP contribution in [0.25, 0.3) is 0 Å². The smallest absolute Gasteiger partial charge is 0.276 e. The third-order valence-electron chi connectivity index (χ3n) is 1.72. The zero-order valence-corrected chi connectivity index (χ0v) is 8.80. The Morgan fingerprint density at radius 3 is 2.15 bits per heavy atom. The Morgan fingerprint density at radius 1 is 1.23 bits per heavy atom. The molecule has 0 saturated heterocycles. The lowest BCUT2D eigenvalue weighted by molar-refractivity contribution is -0.461. The molecule has 0 saturated carbocycles. The van der Waals surface area contributed by atoms with Gasteiger partial charge >= 0.3 is 0 Å². The number of halogens is 1. The van der Waals surface area contributed by atoms with Crippen molar-refractivity contribution in [3.8, 4) is 5.75 Å². The topological polar surface area (TPSA) is 12.2 Å². The lowest BCUT2D eigenvalue weighted by atomic mass is 10.2. The van der Waals surface area contributed by atoms with Gasteiger partial charge in [-0.2, -0.15) is 0 Å². The summed E-state index contributed by atoms with van der Waals surface area (Å²) in [6.07, 6.45) is 0. The van der Waals surface area contributed by atoms with E-state index in [0.717, 1.165) is 16.5 Å². The summed E-state index contributed by atoms with van der Waals surface area (Å²) < 4.78 is 6.91. The zero-order chi connectivity index (χ0) is 9.84. The Labute approximate surface area is 83.4 Å². The molecule has 70 valence electrons. The number of benzene rings is 1. The van der Waals surface area contributed by atoms with Gasteiger partial charge in [-0.15, -0.1) is 0 Å². The predicted molar refractivity (Wildman–Crippen MR) is 55.1 cm³/mol. The SMILES string of the molecule is COc1ccc(C(Cl)=[N+](C)C)cc1. The van der Waals surface area contributed by atoms with Crippen LogP contribution in [0.2, 0.25) is 0 Å². The van der Waals surface area contributed by atoms with E-state index in [1.165, 1.54) is 0 Å². The third kappa shape index (κ3) is 2.46. The van der Waals surface area contributed by atoms with Crippen LogP contribution < -0.4 is 4.74 Å². The van der Waals surface area contributed by atoms with Crippen molar-refractivity contribution in [3.05, 3.63) is 29.8 Å². The molecule has 1 aromatic carbocycles. The molecule has 0 N–H and O–H groups in total. The van der Waals surface area contributed by atoms with Crippen molar-refractivity contribution in [2.75, 3.05) is 21.2 Å². The lowest BCUT2D eigenvalue weighted by Crippen LogP contribution is -2.07. The zero-order valence-electron chi connectivity index (χ0n) is 8.04. The van der Waals surface area contributed by atoms with Gasteiger partial charge in [-0.1, -0.05) is 0 Å². The van der Waals surface area contributed by atoms with Crippen LogP contribution in [0.15, 0.2) is 24.3 Å². The number of hydrogen-bond acceptors (Lipinski definition) is 1. The summed E-state index contributed by atoms with van der Waals surface area (Å²) in [5.41, 5.74) is 0.993. The number of ether oxygens (including phenoxy) is 1. The Balaban J connectivity index is 2.99. The summed E-state index contributed by atoms with van der Waals surface area (Å²) >= 11 is 6.04. The van der Waals surface area contributed by atoms with Gasteiger partial charge in [-0.3, -0.25) is 0 Å². The molecule has 13 heavy (non-hydrogen) atoms. The Bertz CT molecular complexity index is 312. The van der Waals surface area contributed by atoms with Gasteiger partial charge in [0.2, 0.25) is 0 Å². The minimum absolute atomic E-state index is 0.725. The fourth-order valence-electron chi connectivity index (χ4n) is 0.987. The maximum absolute atomic E-state index is 6.04. The van der Waals surface area contributed by atoms with Crippen LogP contribution >= 0.6 is 11.6 Å². The van der Waals surface area contributed by atoms with Gasteiger partial charge in [-0.25, -0.2) is 4.58 Å². The van der Waals surface area contributed by atoms with Gasteiger partial charge < -0.3 is 4.74 Å². The summed E-state index contributed by atoms with van der Waals surface area (Å²) in [6, 6.07) is 7.64.